The van der Waals surface area contributed by atoms with E-state index in [2.05, 4.69) is 6.92 Å². The van der Waals surface area contributed by atoms with Gasteiger partial charge >= 0.3 is 0 Å². The van der Waals surface area contributed by atoms with Gasteiger partial charge in [-0.25, -0.2) is 4.39 Å². The first-order valence-corrected chi connectivity index (χ1v) is 8.98. The van der Waals surface area contributed by atoms with E-state index in [4.69, 9.17) is 4.74 Å². The number of Topliss-reactive ketones (excluding diaryl/α,β-unsaturated/α-hetero) is 1. The number of ether oxygens (including phenoxy) is 1. The molecule has 0 saturated heterocycles. The lowest BCUT2D eigenvalue weighted by atomic mass is 9.76. The van der Waals surface area contributed by atoms with Gasteiger partial charge in [0.1, 0.15) is 5.75 Å². The maximum absolute atomic E-state index is 14.6. The predicted octanol–water partition coefficient (Wildman–Crippen LogP) is 5.60. The second-order valence-electron chi connectivity index (χ2n) is 6.77. The smallest absolute Gasteiger partial charge is 0.197 e. The number of benzene rings is 1. The molecule has 0 aliphatic heterocycles. The van der Waals surface area contributed by atoms with Gasteiger partial charge in [0.05, 0.1) is 7.11 Å². The predicted molar refractivity (Wildman–Crippen MR) is 91.8 cm³/mol. The number of hydrogen-bond donors (Lipinski definition) is 0. The summed E-state index contributed by atoms with van der Waals surface area (Å²) >= 11 is 0. The number of alkyl halides is 1. The number of hydrogen-bond acceptors (Lipinski definition) is 2. The van der Waals surface area contributed by atoms with E-state index in [0.717, 1.165) is 31.6 Å². The fraction of sp³-hybridized carbons (Fsp3) is 0.650. The average Bonchev–Trinajstić information content (AvgIpc) is 2.61. The highest BCUT2D eigenvalue weighted by atomic mass is 19.1. The molecule has 1 unspecified atom stereocenters. The van der Waals surface area contributed by atoms with E-state index in [1.54, 1.807) is 31.4 Å². The molecule has 1 saturated carbocycles. The fourth-order valence-corrected chi connectivity index (χ4v) is 3.58. The number of carbonyl (C=O) groups is 1. The zero-order valence-corrected chi connectivity index (χ0v) is 14.4. The number of rotatable bonds is 8. The van der Waals surface area contributed by atoms with Crippen molar-refractivity contribution in [3.8, 4) is 5.75 Å². The molecule has 1 aromatic rings. The largest absolute Gasteiger partial charge is 0.497 e. The third kappa shape index (κ3) is 5.05. The van der Waals surface area contributed by atoms with Crippen LogP contribution in [0.25, 0.3) is 0 Å². The van der Waals surface area contributed by atoms with Crippen molar-refractivity contribution < 1.29 is 13.9 Å². The molecule has 2 rings (SSSR count). The summed E-state index contributed by atoms with van der Waals surface area (Å²) in [5.74, 6) is 0.944. The van der Waals surface area contributed by atoms with Gasteiger partial charge in [0.15, 0.2) is 12.0 Å². The van der Waals surface area contributed by atoms with E-state index in [1.807, 2.05) is 0 Å². The van der Waals surface area contributed by atoms with Crippen LogP contribution in [0.5, 0.6) is 5.75 Å². The Kier molecular flexibility index (Phi) is 7.07. The van der Waals surface area contributed by atoms with Gasteiger partial charge in [-0.1, -0.05) is 45.4 Å². The molecule has 1 atom stereocenters. The van der Waals surface area contributed by atoms with Crippen molar-refractivity contribution in [2.24, 2.45) is 11.8 Å². The fourth-order valence-electron chi connectivity index (χ4n) is 3.58. The monoisotopic (exact) mass is 320 g/mol. The van der Waals surface area contributed by atoms with Crippen LogP contribution in [0, 0.1) is 11.8 Å². The molecule has 0 spiro atoms. The van der Waals surface area contributed by atoms with Crippen LogP contribution in [-0.4, -0.2) is 19.1 Å². The standard InChI is InChI=1S/C20H29FO2/c1-3-4-5-6-15-7-9-16(10-8-15)19(21)20(22)17-11-13-18(23-2)14-12-17/h11-16,19H,3-10H2,1-2H3. The van der Waals surface area contributed by atoms with Gasteiger partial charge < -0.3 is 4.74 Å². The number of unbranched alkanes of at least 4 members (excludes halogenated alkanes) is 2. The summed E-state index contributed by atoms with van der Waals surface area (Å²) in [5, 5.41) is 0. The highest BCUT2D eigenvalue weighted by Crippen LogP contribution is 2.35. The summed E-state index contributed by atoms with van der Waals surface area (Å²) in [5.41, 5.74) is 0.448. The number of ketones is 1. The lowest BCUT2D eigenvalue weighted by Crippen LogP contribution is -2.29. The maximum Gasteiger partial charge on any atom is 0.197 e. The molecule has 0 amide bonds. The van der Waals surface area contributed by atoms with Gasteiger partial charge in [0, 0.05) is 5.56 Å². The van der Waals surface area contributed by atoms with Crippen LogP contribution < -0.4 is 4.74 Å². The van der Waals surface area contributed by atoms with E-state index in [-0.39, 0.29) is 11.7 Å². The molecular weight excluding hydrogens is 291 g/mol. The van der Waals surface area contributed by atoms with Crippen molar-refractivity contribution >= 4 is 5.78 Å². The first-order valence-electron chi connectivity index (χ1n) is 8.98. The van der Waals surface area contributed by atoms with Crippen molar-refractivity contribution in [1.82, 2.24) is 0 Å². The SMILES string of the molecule is CCCCCC1CCC(C(F)C(=O)c2ccc(OC)cc2)CC1. The summed E-state index contributed by atoms with van der Waals surface area (Å²) < 4.78 is 19.7. The quantitative estimate of drug-likeness (QED) is 0.460. The Hall–Kier alpha value is -1.38. The molecule has 2 nitrogen and oxygen atoms in total. The average molecular weight is 320 g/mol. The Balaban J connectivity index is 1.83. The molecule has 0 bridgehead atoms. The molecule has 0 radical (unpaired) electrons. The van der Waals surface area contributed by atoms with E-state index in [1.165, 1.54) is 25.7 Å². The van der Waals surface area contributed by atoms with Crippen molar-refractivity contribution in [1.29, 1.82) is 0 Å². The van der Waals surface area contributed by atoms with E-state index >= 15 is 0 Å². The van der Waals surface area contributed by atoms with Crippen LogP contribution in [0.1, 0.15) is 68.6 Å². The molecule has 23 heavy (non-hydrogen) atoms. The Morgan fingerprint density at radius 2 is 1.83 bits per heavy atom. The van der Waals surface area contributed by atoms with Gasteiger partial charge in [-0.15, -0.1) is 0 Å². The molecule has 3 heteroatoms. The third-order valence-electron chi connectivity index (χ3n) is 5.15. The molecule has 1 aliphatic rings. The van der Waals surface area contributed by atoms with Crippen molar-refractivity contribution in [2.75, 3.05) is 7.11 Å². The Morgan fingerprint density at radius 1 is 1.17 bits per heavy atom. The minimum atomic E-state index is -1.36. The zero-order valence-electron chi connectivity index (χ0n) is 14.4. The summed E-state index contributed by atoms with van der Waals surface area (Å²) in [6, 6.07) is 6.74. The highest BCUT2D eigenvalue weighted by molar-refractivity contribution is 5.99. The molecule has 1 aliphatic carbocycles. The van der Waals surface area contributed by atoms with E-state index < -0.39 is 6.17 Å². The number of carbonyl (C=O) groups excluding carboxylic acids is 1. The maximum atomic E-state index is 14.6. The van der Waals surface area contributed by atoms with Crippen LogP contribution in [-0.2, 0) is 0 Å². The van der Waals surface area contributed by atoms with Crippen LogP contribution in [0.3, 0.4) is 0 Å². The molecular formula is C20H29FO2. The van der Waals surface area contributed by atoms with Gasteiger partial charge in [0.25, 0.3) is 0 Å². The summed E-state index contributed by atoms with van der Waals surface area (Å²) in [4.78, 5) is 12.3. The van der Waals surface area contributed by atoms with Crippen LogP contribution >= 0.6 is 0 Å². The normalized spacial score (nSPS) is 22.6. The molecule has 0 heterocycles. The molecule has 0 N–H and O–H groups in total. The van der Waals surface area contributed by atoms with Crippen molar-refractivity contribution in [3.63, 3.8) is 0 Å². The Bertz CT molecular complexity index is 475. The molecule has 1 aromatic carbocycles. The lowest BCUT2D eigenvalue weighted by molar-refractivity contribution is 0.0746. The van der Waals surface area contributed by atoms with E-state index in [9.17, 15) is 9.18 Å². The van der Waals surface area contributed by atoms with Crippen LogP contribution in [0.4, 0.5) is 4.39 Å². The molecule has 1 fully saturated rings. The van der Waals surface area contributed by atoms with Crippen LogP contribution in [0.2, 0.25) is 0 Å². The Morgan fingerprint density at radius 3 is 2.39 bits per heavy atom. The minimum Gasteiger partial charge on any atom is -0.497 e. The van der Waals surface area contributed by atoms with Gasteiger partial charge in [0.2, 0.25) is 0 Å². The summed E-state index contributed by atoms with van der Waals surface area (Å²) in [6.45, 7) is 2.22. The highest BCUT2D eigenvalue weighted by Gasteiger charge is 2.32. The van der Waals surface area contributed by atoms with Gasteiger partial charge in [-0.05, 0) is 48.9 Å². The first-order chi connectivity index (χ1) is 11.2. The van der Waals surface area contributed by atoms with Crippen LogP contribution in [0.15, 0.2) is 24.3 Å². The van der Waals surface area contributed by atoms with Crippen molar-refractivity contribution in [2.45, 2.75) is 64.5 Å². The van der Waals surface area contributed by atoms with Crippen molar-refractivity contribution in [3.05, 3.63) is 29.8 Å². The summed E-state index contributed by atoms with van der Waals surface area (Å²) in [7, 11) is 1.58. The van der Waals surface area contributed by atoms with E-state index in [0.29, 0.717) is 11.3 Å². The third-order valence-corrected chi connectivity index (χ3v) is 5.15. The minimum absolute atomic E-state index is 0.105. The second kappa shape index (κ2) is 9.05. The Labute approximate surface area is 139 Å². The molecule has 128 valence electrons. The van der Waals surface area contributed by atoms with Gasteiger partial charge in [-0.3, -0.25) is 4.79 Å². The second-order valence-corrected chi connectivity index (χ2v) is 6.77. The molecule has 0 aromatic heterocycles. The number of halogens is 1. The number of methoxy groups -OCH3 is 1. The summed E-state index contributed by atoms with van der Waals surface area (Å²) in [6.07, 6.45) is 7.58. The zero-order chi connectivity index (χ0) is 16.7. The lowest BCUT2D eigenvalue weighted by Gasteiger charge is -2.30. The first kappa shape index (κ1) is 18.0. The van der Waals surface area contributed by atoms with Gasteiger partial charge in [-0.2, -0.15) is 0 Å². The topological polar surface area (TPSA) is 26.3 Å².